The minimum atomic E-state index is -3.44. The Balaban J connectivity index is 0.00000141. The van der Waals surface area contributed by atoms with Crippen LogP contribution in [0.15, 0.2) is 24.3 Å². The summed E-state index contributed by atoms with van der Waals surface area (Å²) in [7, 11) is 1.22. The first-order valence-electron chi connectivity index (χ1n) is 9.91. The lowest BCUT2D eigenvalue weighted by Crippen LogP contribution is -2.48. The highest BCUT2D eigenvalue weighted by atomic mass is 32.2. The molecule has 1 fully saturated rings. The zero-order valence-electron chi connectivity index (χ0n) is 17.8. The number of hydrogen-bond donors (Lipinski definition) is 3. The molecule has 1 amide bonds. The average molecular weight is 444 g/mol. The van der Waals surface area contributed by atoms with E-state index >= 15 is 0 Å². The third-order valence-electron chi connectivity index (χ3n) is 4.86. The highest BCUT2D eigenvalue weighted by Crippen LogP contribution is 2.20. The van der Waals surface area contributed by atoms with Crippen LogP contribution in [-0.4, -0.2) is 63.5 Å². The summed E-state index contributed by atoms with van der Waals surface area (Å²) in [6, 6.07) is 7.77. The number of methoxy groups -OCH3 is 1. The molecule has 10 heteroatoms. The number of hydrogen-bond acceptors (Lipinski definition) is 5. The van der Waals surface area contributed by atoms with Crippen molar-refractivity contribution in [2.75, 3.05) is 21.2 Å². The zero-order chi connectivity index (χ0) is 22.6. The van der Waals surface area contributed by atoms with Gasteiger partial charge in [-0.05, 0) is 56.2 Å². The second-order valence-corrected chi connectivity index (χ2v) is 9.26. The van der Waals surface area contributed by atoms with Gasteiger partial charge < -0.3 is 15.2 Å². The van der Waals surface area contributed by atoms with Crippen molar-refractivity contribution in [3.63, 3.8) is 0 Å². The number of rotatable bonds is 9. The van der Waals surface area contributed by atoms with Crippen LogP contribution >= 0.6 is 0 Å². The van der Waals surface area contributed by atoms with E-state index in [0.29, 0.717) is 12.8 Å². The van der Waals surface area contributed by atoms with Crippen molar-refractivity contribution in [3.8, 4) is 5.75 Å². The molecule has 0 radical (unpaired) electrons. The predicted molar refractivity (Wildman–Crippen MR) is 115 cm³/mol. The summed E-state index contributed by atoms with van der Waals surface area (Å²) in [5.74, 6) is 0.859. The fraction of sp³-hybridized carbons (Fsp3) is 0.600. The number of ether oxygens (including phenoxy) is 1. The van der Waals surface area contributed by atoms with Gasteiger partial charge in [-0.25, -0.2) is 0 Å². The summed E-state index contributed by atoms with van der Waals surface area (Å²) in [5.41, 5.74) is 1.18. The lowest BCUT2D eigenvalue weighted by atomic mass is 9.91. The SMILES string of the molecule is COc1ccc(CCCC(=O)N[C@@H]2CCC[C@@H](NS(=O)(=O)N(C)C)C2)cc1.O=CO. The number of nitrogens with zero attached hydrogens (tertiary/aromatic N) is 1. The first-order chi connectivity index (χ1) is 14.2. The van der Waals surface area contributed by atoms with Crippen molar-refractivity contribution in [1.82, 2.24) is 14.3 Å². The molecule has 0 unspecified atom stereocenters. The number of carbonyl (C=O) groups is 2. The van der Waals surface area contributed by atoms with Gasteiger partial charge in [0.2, 0.25) is 5.91 Å². The van der Waals surface area contributed by atoms with E-state index in [-0.39, 0.29) is 24.5 Å². The summed E-state index contributed by atoms with van der Waals surface area (Å²) >= 11 is 0. The summed E-state index contributed by atoms with van der Waals surface area (Å²) in [6.45, 7) is -0.250. The van der Waals surface area contributed by atoms with Crippen LogP contribution in [0.25, 0.3) is 0 Å². The number of amides is 1. The van der Waals surface area contributed by atoms with Gasteiger partial charge in [0.1, 0.15) is 5.75 Å². The molecule has 2 atom stereocenters. The Morgan fingerprint density at radius 3 is 2.40 bits per heavy atom. The first kappa shape index (κ1) is 25.9. The largest absolute Gasteiger partial charge is 0.497 e. The molecule has 0 spiro atoms. The molecule has 0 saturated heterocycles. The van der Waals surface area contributed by atoms with Crippen LogP contribution in [-0.2, 0) is 26.2 Å². The maximum Gasteiger partial charge on any atom is 0.290 e. The maximum absolute atomic E-state index is 12.2. The maximum atomic E-state index is 12.2. The van der Waals surface area contributed by atoms with E-state index in [9.17, 15) is 13.2 Å². The van der Waals surface area contributed by atoms with Gasteiger partial charge in [-0.1, -0.05) is 12.1 Å². The number of benzene rings is 1. The van der Waals surface area contributed by atoms with E-state index in [1.807, 2.05) is 24.3 Å². The second kappa shape index (κ2) is 13.2. The monoisotopic (exact) mass is 443 g/mol. The van der Waals surface area contributed by atoms with Gasteiger partial charge in [-0.15, -0.1) is 0 Å². The van der Waals surface area contributed by atoms with Crippen molar-refractivity contribution in [2.24, 2.45) is 0 Å². The average Bonchev–Trinajstić information content (AvgIpc) is 2.69. The third-order valence-corrected chi connectivity index (χ3v) is 6.46. The molecule has 170 valence electrons. The summed E-state index contributed by atoms with van der Waals surface area (Å²) in [6.07, 6.45) is 5.32. The molecule has 1 saturated carbocycles. The van der Waals surface area contributed by atoms with Crippen LogP contribution in [0.5, 0.6) is 5.75 Å². The number of nitrogens with one attached hydrogen (secondary N) is 2. The molecule has 3 N–H and O–H groups in total. The van der Waals surface area contributed by atoms with Crippen LogP contribution in [0.1, 0.15) is 44.1 Å². The Labute approximate surface area is 179 Å². The molecule has 1 aromatic rings. The van der Waals surface area contributed by atoms with Crippen LogP contribution in [0, 0.1) is 0 Å². The number of aryl methyl sites for hydroxylation is 1. The molecular weight excluding hydrogens is 410 g/mol. The van der Waals surface area contributed by atoms with E-state index in [1.165, 1.54) is 24.0 Å². The quantitative estimate of drug-likeness (QED) is 0.497. The molecule has 0 heterocycles. The van der Waals surface area contributed by atoms with Gasteiger partial charge in [0.15, 0.2) is 0 Å². The van der Waals surface area contributed by atoms with E-state index in [4.69, 9.17) is 14.6 Å². The molecule has 1 aromatic carbocycles. The van der Waals surface area contributed by atoms with Crippen molar-refractivity contribution in [2.45, 2.75) is 57.0 Å². The van der Waals surface area contributed by atoms with Gasteiger partial charge in [0, 0.05) is 32.6 Å². The Kier molecular flexibility index (Phi) is 11.4. The summed E-state index contributed by atoms with van der Waals surface area (Å²) in [4.78, 5) is 20.6. The van der Waals surface area contributed by atoms with Crippen molar-refractivity contribution >= 4 is 22.6 Å². The van der Waals surface area contributed by atoms with Gasteiger partial charge in [0.25, 0.3) is 16.7 Å². The fourth-order valence-corrected chi connectivity index (χ4v) is 4.14. The van der Waals surface area contributed by atoms with Gasteiger partial charge in [0.05, 0.1) is 7.11 Å². The Morgan fingerprint density at radius 2 is 1.83 bits per heavy atom. The molecule has 1 aliphatic carbocycles. The second-order valence-electron chi connectivity index (χ2n) is 7.34. The molecule has 0 bridgehead atoms. The first-order valence-corrected chi connectivity index (χ1v) is 11.4. The van der Waals surface area contributed by atoms with Gasteiger partial charge in [-0.2, -0.15) is 17.4 Å². The molecule has 2 rings (SSSR count). The highest BCUT2D eigenvalue weighted by Gasteiger charge is 2.27. The molecule has 1 aliphatic rings. The van der Waals surface area contributed by atoms with Crippen LogP contribution in [0.4, 0.5) is 0 Å². The highest BCUT2D eigenvalue weighted by molar-refractivity contribution is 7.87. The number of carboxylic acid groups (broad SMARTS) is 1. The molecular formula is C20H33N3O6S. The standard InChI is InChI=1S/C19H31N3O4S.CH2O2/c1-22(2)27(24,25)21-17-8-5-7-16(14-17)20-19(23)9-4-6-15-10-12-18(26-3)13-11-15;2-1-3/h10-13,16-17,21H,4-9,14H2,1-3H3,(H,20,23);1H,(H,2,3)/t16-,17-;/m1./s1. The summed E-state index contributed by atoms with van der Waals surface area (Å²) in [5, 5.41) is 9.95. The smallest absolute Gasteiger partial charge is 0.290 e. The molecule has 0 aliphatic heterocycles. The summed E-state index contributed by atoms with van der Waals surface area (Å²) < 4.78 is 32.9. The Bertz CT molecular complexity index is 752. The minimum Gasteiger partial charge on any atom is -0.497 e. The van der Waals surface area contributed by atoms with Gasteiger partial charge >= 0.3 is 0 Å². The Morgan fingerprint density at radius 1 is 1.23 bits per heavy atom. The van der Waals surface area contributed by atoms with E-state index in [1.54, 1.807) is 7.11 Å². The lowest BCUT2D eigenvalue weighted by molar-refractivity contribution is -0.123. The fourth-order valence-electron chi connectivity index (χ4n) is 3.29. The number of carbonyl (C=O) groups excluding carboxylic acids is 1. The molecule has 0 aromatic heterocycles. The van der Waals surface area contributed by atoms with Gasteiger partial charge in [-0.3, -0.25) is 9.59 Å². The predicted octanol–water partition coefficient (Wildman–Crippen LogP) is 1.54. The topological polar surface area (TPSA) is 125 Å². The van der Waals surface area contributed by atoms with E-state index in [2.05, 4.69) is 10.0 Å². The molecule has 30 heavy (non-hydrogen) atoms. The van der Waals surface area contributed by atoms with E-state index < -0.39 is 10.2 Å². The minimum absolute atomic E-state index is 0.0297. The van der Waals surface area contributed by atoms with Crippen molar-refractivity contribution < 1.29 is 27.9 Å². The van der Waals surface area contributed by atoms with Crippen LogP contribution < -0.4 is 14.8 Å². The van der Waals surface area contributed by atoms with Crippen LogP contribution in [0.2, 0.25) is 0 Å². The van der Waals surface area contributed by atoms with Crippen molar-refractivity contribution in [3.05, 3.63) is 29.8 Å². The Hall–Kier alpha value is -2.17. The lowest BCUT2D eigenvalue weighted by Gasteiger charge is -2.30. The molecule has 9 nitrogen and oxygen atoms in total. The van der Waals surface area contributed by atoms with E-state index in [0.717, 1.165) is 37.9 Å². The van der Waals surface area contributed by atoms with Crippen LogP contribution in [0.3, 0.4) is 0 Å². The third kappa shape index (κ3) is 9.55. The van der Waals surface area contributed by atoms with Crippen molar-refractivity contribution in [1.29, 1.82) is 0 Å². The zero-order valence-corrected chi connectivity index (χ0v) is 18.7. The normalized spacial score (nSPS) is 18.8.